The summed E-state index contributed by atoms with van der Waals surface area (Å²) in [5.41, 5.74) is 15.3. The van der Waals surface area contributed by atoms with E-state index in [1.165, 1.54) is 33.7 Å². The molecule has 0 amide bonds. The lowest BCUT2D eigenvalue weighted by Gasteiger charge is -2.33. The lowest BCUT2D eigenvalue weighted by Crippen LogP contribution is -2.35. The zero-order valence-electron chi connectivity index (χ0n) is 23.8. The van der Waals surface area contributed by atoms with Crippen molar-refractivity contribution in [3.63, 3.8) is 0 Å². The minimum Gasteiger partial charge on any atom is -0.404 e. The molecule has 3 N–H and O–H groups in total. The Labute approximate surface area is 231 Å². The van der Waals surface area contributed by atoms with Crippen LogP contribution in [0.5, 0.6) is 0 Å². The van der Waals surface area contributed by atoms with Crippen LogP contribution in [0.25, 0.3) is 11.1 Å². The first-order chi connectivity index (χ1) is 18.8. The lowest BCUT2D eigenvalue weighted by atomic mass is 9.78. The Kier molecular flexibility index (Phi) is 7.55. The van der Waals surface area contributed by atoms with Gasteiger partial charge in [0.25, 0.3) is 0 Å². The number of benzene rings is 1. The van der Waals surface area contributed by atoms with E-state index in [0.29, 0.717) is 5.92 Å². The first-order valence-corrected chi connectivity index (χ1v) is 13.9. The normalized spacial score (nSPS) is 22.4. The number of nitrogens with zero attached hydrogens (tertiary/aromatic N) is 6. The second-order valence-corrected chi connectivity index (χ2v) is 10.9. The van der Waals surface area contributed by atoms with Crippen LogP contribution in [0.1, 0.15) is 68.1 Å². The highest BCUT2D eigenvalue weighted by atomic mass is 15.3. The van der Waals surface area contributed by atoms with Crippen molar-refractivity contribution in [1.29, 1.82) is 0 Å². The van der Waals surface area contributed by atoms with Gasteiger partial charge in [-0.1, -0.05) is 31.2 Å². The number of aromatic nitrogens is 4. The van der Waals surface area contributed by atoms with E-state index in [0.717, 1.165) is 55.6 Å². The molecular weight excluding hydrogens is 484 g/mol. The number of rotatable bonds is 7. The third kappa shape index (κ3) is 5.60. The van der Waals surface area contributed by atoms with Gasteiger partial charge in [0, 0.05) is 69.1 Å². The second-order valence-electron chi connectivity index (χ2n) is 10.9. The number of aliphatic imine (C=N–C) groups is 2. The van der Waals surface area contributed by atoms with Crippen LogP contribution in [0, 0.1) is 5.92 Å². The molecule has 0 saturated heterocycles. The van der Waals surface area contributed by atoms with Gasteiger partial charge < -0.3 is 11.1 Å². The Morgan fingerprint density at radius 1 is 1.23 bits per heavy atom. The zero-order valence-corrected chi connectivity index (χ0v) is 23.8. The number of hydrogen-bond acceptors (Lipinski definition) is 6. The smallest absolute Gasteiger partial charge is 0.149 e. The fourth-order valence-corrected chi connectivity index (χ4v) is 5.79. The molecule has 8 nitrogen and oxygen atoms in total. The summed E-state index contributed by atoms with van der Waals surface area (Å²) in [4.78, 5) is 9.48. The number of fused-ring (bicyclic) bond motifs is 2. The number of hydrogen-bond donors (Lipinski definition) is 2. The molecule has 2 atom stereocenters. The number of nitrogens with one attached hydrogen (secondary N) is 1. The summed E-state index contributed by atoms with van der Waals surface area (Å²) in [7, 11) is 4.01. The quantitative estimate of drug-likeness (QED) is 0.417. The molecule has 0 bridgehead atoms. The highest BCUT2D eigenvalue weighted by molar-refractivity contribution is 6.09. The molecule has 5 rings (SSSR count). The molecule has 1 aliphatic carbocycles. The molecule has 8 heteroatoms. The van der Waals surface area contributed by atoms with E-state index in [1.807, 2.05) is 37.1 Å². The zero-order chi connectivity index (χ0) is 27.6. The molecule has 0 spiro atoms. The van der Waals surface area contributed by atoms with E-state index in [9.17, 15) is 0 Å². The van der Waals surface area contributed by atoms with Crippen molar-refractivity contribution < 1.29 is 0 Å². The third-order valence-corrected chi connectivity index (χ3v) is 7.88. The molecule has 3 aromatic rings. The van der Waals surface area contributed by atoms with Crippen molar-refractivity contribution in [2.24, 2.45) is 35.7 Å². The van der Waals surface area contributed by atoms with Gasteiger partial charge in [-0.2, -0.15) is 10.2 Å². The van der Waals surface area contributed by atoms with Crippen LogP contribution in [-0.4, -0.2) is 44.2 Å². The van der Waals surface area contributed by atoms with Gasteiger partial charge in [-0.3, -0.25) is 19.3 Å². The topological polar surface area (TPSA) is 98.4 Å². The Hall–Kier alpha value is -3.94. The van der Waals surface area contributed by atoms with Gasteiger partial charge in [0.15, 0.2) is 0 Å². The van der Waals surface area contributed by atoms with Gasteiger partial charge in [-0.25, -0.2) is 0 Å². The predicted molar refractivity (Wildman–Crippen MR) is 161 cm³/mol. The van der Waals surface area contributed by atoms with Crippen molar-refractivity contribution in [2.75, 3.05) is 11.9 Å². The molecule has 204 valence electrons. The summed E-state index contributed by atoms with van der Waals surface area (Å²) in [6, 6.07) is 10.6. The van der Waals surface area contributed by atoms with Crippen molar-refractivity contribution in [1.82, 2.24) is 19.6 Å². The van der Waals surface area contributed by atoms with Crippen molar-refractivity contribution in [3.05, 3.63) is 76.4 Å². The molecule has 1 aromatic carbocycles. The van der Waals surface area contributed by atoms with E-state index >= 15 is 0 Å². The van der Waals surface area contributed by atoms with E-state index in [2.05, 4.69) is 71.5 Å². The van der Waals surface area contributed by atoms with Crippen LogP contribution in [0.3, 0.4) is 0 Å². The highest BCUT2D eigenvalue weighted by Gasteiger charge is 2.33. The molecule has 39 heavy (non-hydrogen) atoms. The van der Waals surface area contributed by atoms with Crippen LogP contribution in [0.2, 0.25) is 0 Å². The van der Waals surface area contributed by atoms with Gasteiger partial charge in [-0.15, -0.1) is 0 Å². The summed E-state index contributed by atoms with van der Waals surface area (Å²) < 4.78 is 3.90. The van der Waals surface area contributed by atoms with E-state index in [1.54, 1.807) is 6.20 Å². The Morgan fingerprint density at radius 3 is 2.82 bits per heavy atom. The average molecular weight is 525 g/mol. The molecule has 2 aromatic heterocycles. The molecular formula is C31H40N8. The Morgan fingerprint density at radius 2 is 2.08 bits per heavy atom. The maximum absolute atomic E-state index is 5.93. The fourth-order valence-electron chi connectivity index (χ4n) is 5.79. The maximum Gasteiger partial charge on any atom is 0.149 e. The van der Waals surface area contributed by atoms with Gasteiger partial charge >= 0.3 is 0 Å². The molecule has 2 unspecified atom stereocenters. The lowest BCUT2D eigenvalue weighted by molar-refractivity contribution is 0.443. The summed E-state index contributed by atoms with van der Waals surface area (Å²) in [6.07, 6.45) is 12.2. The average Bonchev–Trinajstić information content (AvgIpc) is 3.47. The summed E-state index contributed by atoms with van der Waals surface area (Å²) in [5.74, 6) is 1.25. The summed E-state index contributed by atoms with van der Waals surface area (Å²) >= 11 is 0. The number of anilines is 1. The number of aryl methyl sites for hydroxylation is 3. The Bertz CT molecular complexity index is 1470. The monoisotopic (exact) mass is 524 g/mol. The largest absolute Gasteiger partial charge is 0.404 e. The van der Waals surface area contributed by atoms with Crippen LogP contribution in [-0.2, 0) is 26.9 Å². The van der Waals surface area contributed by atoms with E-state index in [-0.39, 0.29) is 0 Å². The van der Waals surface area contributed by atoms with E-state index < -0.39 is 5.66 Å². The summed E-state index contributed by atoms with van der Waals surface area (Å²) in [6.45, 7) is 7.28. The van der Waals surface area contributed by atoms with Crippen molar-refractivity contribution >= 4 is 29.4 Å². The first-order valence-electron chi connectivity index (χ1n) is 13.9. The van der Waals surface area contributed by atoms with Crippen LogP contribution in [0.4, 0.5) is 5.82 Å². The van der Waals surface area contributed by atoms with Crippen molar-refractivity contribution in [3.8, 4) is 0 Å². The molecule has 0 saturated carbocycles. The van der Waals surface area contributed by atoms with E-state index in [4.69, 9.17) is 15.8 Å². The molecule has 0 fully saturated rings. The van der Waals surface area contributed by atoms with Crippen LogP contribution < -0.4 is 11.1 Å². The first kappa shape index (κ1) is 26.7. The van der Waals surface area contributed by atoms with Gasteiger partial charge in [0.1, 0.15) is 11.5 Å². The molecule has 2 aliphatic rings. The second kappa shape index (κ2) is 11.0. The maximum atomic E-state index is 5.93. The summed E-state index contributed by atoms with van der Waals surface area (Å²) in [5, 5.41) is 13.1. The SMILES string of the molecule is CCN=C/C(=C\N)c1cccc(Cc2c3c(nn2C)CCC2=C3C(C)CCC(C)(Nc3ccn(C)n3)/N=C\2)c1. The van der Waals surface area contributed by atoms with Gasteiger partial charge in [0.05, 0.1) is 11.4 Å². The van der Waals surface area contributed by atoms with Crippen LogP contribution >= 0.6 is 0 Å². The molecule has 1 aliphatic heterocycles. The van der Waals surface area contributed by atoms with Crippen molar-refractivity contribution in [2.45, 2.75) is 58.5 Å². The highest BCUT2D eigenvalue weighted by Crippen LogP contribution is 2.42. The van der Waals surface area contributed by atoms with Gasteiger partial charge in [-0.05, 0) is 67.7 Å². The van der Waals surface area contributed by atoms with Crippen LogP contribution in [0.15, 0.2) is 58.3 Å². The standard InChI is InChI=1S/C31H40N8/c1-6-33-19-25(18-32)23-9-7-8-22(16-23)17-27-30-26(36-39(27)5)11-10-24-20-34-31(3,14-12-21(2)29(24)30)35-28-13-15-38(4)37-28/h7-9,13,15-16,18-21H,6,10-12,14,17,32H2,1-5H3,(H,35,37)/b25-18+,33-19?,34-20-. The molecule has 0 radical (unpaired) electrons. The minimum atomic E-state index is -0.394. The Balaban J connectivity index is 1.49. The van der Waals surface area contributed by atoms with Gasteiger partial charge in [0.2, 0.25) is 0 Å². The fraction of sp³-hybridized carbons (Fsp3) is 0.419. The minimum absolute atomic E-state index is 0.391. The number of nitrogens with two attached hydrogens (primary N) is 1. The molecule has 3 heterocycles. The third-order valence-electron chi connectivity index (χ3n) is 7.88. The predicted octanol–water partition coefficient (Wildman–Crippen LogP) is 5.16. The number of allylic oxidation sites excluding steroid dienone is 3.